The summed E-state index contributed by atoms with van der Waals surface area (Å²) in [5.41, 5.74) is 2.27. The Hall–Kier alpha value is -2.23. The molecular formula is C19H21FN4O2S2. The topological polar surface area (TPSA) is 76.9 Å². The van der Waals surface area contributed by atoms with Gasteiger partial charge in [0.15, 0.2) is 11.0 Å². The molecule has 0 saturated carbocycles. The summed E-state index contributed by atoms with van der Waals surface area (Å²) in [6.45, 7) is 3.85. The maximum Gasteiger partial charge on any atom is 0.211 e. The van der Waals surface area contributed by atoms with Gasteiger partial charge < -0.3 is 0 Å². The predicted octanol–water partition coefficient (Wildman–Crippen LogP) is 3.41. The fraction of sp³-hybridized carbons (Fsp3) is 0.263. The number of rotatable bonds is 8. The molecule has 3 rings (SSSR count). The molecule has 0 bridgehead atoms. The van der Waals surface area contributed by atoms with Gasteiger partial charge in [0.2, 0.25) is 10.0 Å². The van der Waals surface area contributed by atoms with Crippen LogP contribution in [0.1, 0.15) is 12.5 Å². The number of sulfonamides is 1. The van der Waals surface area contributed by atoms with Crippen LogP contribution >= 0.6 is 11.8 Å². The number of benzene rings is 2. The second kappa shape index (κ2) is 8.85. The Bertz CT molecular complexity index is 1050. The Kier molecular flexibility index (Phi) is 6.48. The van der Waals surface area contributed by atoms with E-state index in [0.29, 0.717) is 22.3 Å². The molecule has 2 aromatic carbocycles. The number of thioether (sulfide) groups is 1. The van der Waals surface area contributed by atoms with Crippen LogP contribution in [0.2, 0.25) is 0 Å². The molecular weight excluding hydrogens is 399 g/mol. The fourth-order valence-corrected chi connectivity index (χ4v) is 4.10. The average Bonchev–Trinajstić information content (AvgIpc) is 3.10. The largest absolute Gasteiger partial charge is 0.270 e. The van der Waals surface area contributed by atoms with E-state index in [1.165, 1.54) is 17.8 Å². The zero-order chi connectivity index (χ0) is 20.1. The Morgan fingerprint density at radius 2 is 1.82 bits per heavy atom. The highest BCUT2D eigenvalue weighted by Crippen LogP contribution is 2.29. The molecule has 148 valence electrons. The summed E-state index contributed by atoms with van der Waals surface area (Å²) < 4.78 is 41.8. The van der Waals surface area contributed by atoms with Crippen LogP contribution in [0.3, 0.4) is 0 Å². The lowest BCUT2D eigenvalue weighted by Gasteiger charge is -2.11. The Labute approximate surface area is 168 Å². The van der Waals surface area contributed by atoms with Crippen LogP contribution < -0.4 is 4.72 Å². The van der Waals surface area contributed by atoms with E-state index in [9.17, 15) is 12.8 Å². The first kappa shape index (κ1) is 20.5. The van der Waals surface area contributed by atoms with E-state index < -0.39 is 10.0 Å². The summed E-state index contributed by atoms with van der Waals surface area (Å²) in [6, 6.07) is 14.2. The monoisotopic (exact) mass is 420 g/mol. The smallest absolute Gasteiger partial charge is 0.211 e. The molecule has 0 radical (unpaired) electrons. The predicted molar refractivity (Wildman–Crippen MR) is 110 cm³/mol. The van der Waals surface area contributed by atoms with E-state index in [-0.39, 0.29) is 18.1 Å². The van der Waals surface area contributed by atoms with Gasteiger partial charge in [-0.15, -0.1) is 10.2 Å². The number of nitrogens with one attached hydrogen (secondary N) is 1. The van der Waals surface area contributed by atoms with E-state index >= 15 is 0 Å². The fourth-order valence-electron chi connectivity index (χ4n) is 2.55. The third-order valence-electron chi connectivity index (χ3n) is 4.08. The summed E-state index contributed by atoms with van der Waals surface area (Å²) in [4.78, 5) is 0. The van der Waals surface area contributed by atoms with Crippen molar-refractivity contribution in [2.75, 3.05) is 18.1 Å². The molecule has 0 amide bonds. The van der Waals surface area contributed by atoms with E-state index in [2.05, 4.69) is 14.9 Å². The molecule has 0 saturated heterocycles. The Morgan fingerprint density at radius 3 is 2.50 bits per heavy atom. The first-order chi connectivity index (χ1) is 13.4. The molecule has 9 heteroatoms. The van der Waals surface area contributed by atoms with Crippen LogP contribution in [0.4, 0.5) is 4.39 Å². The van der Waals surface area contributed by atoms with Gasteiger partial charge in [0.1, 0.15) is 5.82 Å². The molecule has 28 heavy (non-hydrogen) atoms. The van der Waals surface area contributed by atoms with Crippen molar-refractivity contribution in [3.63, 3.8) is 0 Å². The molecule has 0 fully saturated rings. The lowest BCUT2D eigenvalue weighted by Crippen LogP contribution is -2.27. The highest BCUT2D eigenvalue weighted by atomic mass is 32.2. The van der Waals surface area contributed by atoms with Gasteiger partial charge in [-0.2, -0.15) is 0 Å². The zero-order valence-corrected chi connectivity index (χ0v) is 17.2. The number of hydrogen-bond acceptors (Lipinski definition) is 5. The van der Waals surface area contributed by atoms with Gasteiger partial charge in [-0.3, -0.25) is 4.57 Å². The van der Waals surface area contributed by atoms with Crippen LogP contribution in [0.25, 0.3) is 17.1 Å². The minimum absolute atomic E-state index is 0.0364. The van der Waals surface area contributed by atoms with Crippen LogP contribution in [0.15, 0.2) is 53.7 Å². The molecule has 3 aromatic rings. The van der Waals surface area contributed by atoms with Crippen LogP contribution in [-0.2, 0) is 10.0 Å². The van der Waals surface area contributed by atoms with Crippen LogP contribution in [-0.4, -0.2) is 41.2 Å². The second-order valence-electron chi connectivity index (χ2n) is 6.10. The van der Waals surface area contributed by atoms with Gasteiger partial charge in [-0.25, -0.2) is 17.5 Å². The number of aryl methyl sites for hydroxylation is 1. The maximum atomic E-state index is 14.4. The summed E-state index contributed by atoms with van der Waals surface area (Å²) in [6.07, 6.45) is 0. The van der Waals surface area contributed by atoms with Gasteiger partial charge in [0, 0.05) is 18.0 Å². The number of nitrogens with zero attached hydrogens (tertiary/aromatic N) is 3. The van der Waals surface area contributed by atoms with Crippen LogP contribution in [0.5, 0.6) is 0 Å². The number of aromatic nitrogens is 3. The molecule has 1 aromatic heterocycles. The van der Waals surface area contributed by atoms with Crippen molar-refractivity contribution < 1.29 is 12.8 Å². The summed E-state index contributed by atoms with van der Waals surface area (Å²) in [7, 11) is -3.24. The quantitative estimate of drug-likeness (QED) is 0.446. The average molecular weight is 421 g/mol. The molecule has 0 aliphatic carbocycles. The van der Waals surface area contributed by atoms with Crippen molar-refractivity contribution in [1.82, 2.24) is 19.5 Å². The molecule has 0 unspecified atom stereocenters. The molecule has 0 aliphatic rings. The molecule has 0 atom stereocenters. The Balaban J connectivity index is 1.92. The molecule has 1 heterocycles. The van der Waals surface area contributed by atoms with Gasteiger partial charge in [-0.1, -0.05) is 41.6 Å². The van der Waals surface area contributed by atoms with Crippen molar-refractivity contribution in [2.45, 2.75) is 19.0 Å². The highest BCUT2D eigenvalue weighted by molar-refractivity contribution is 7.99. The van der Waals surface area contributed by atoms with Crippen LogP contribution in [0, 0.1) is 12.7 Å². The normalized spacial score (nSPS) is 11.7. The lowest BCUT2D eigenvalue weighted by atomic mass is 10.2. The van der Waals surface area contributed by atoms with Crippen molar-refractivity contribution in [2.24, 2.45) is 0 Å². The van der Waals surface area contributed by atoms with E-state index in [4.69, 9.17) is 0 Å². The van der Waals surface area contributed by atoms with Gasteiger partial charge in [0.05, 0.1) is 11.3 Å². The minimum Gasteiger partial charge on any atom is -0.270 e. The second-order valence-corrected chi connectivity index (χ2v) is 9.26. The highest BCUT2D eigenvalue weighted by Gasteiger charge is 2.18. The molecule has 1 N–H and O–H groups in total. The summed E-state index contributed by atoms with van der Waals surface area (Å²) >= 11 is 1.36. The van der Waals surface area contributed by atoms with E-state index in [1.807, 2.05) is 31.2 Å². The zero-order valence-electron chi connectivity index (χ0n) is 15.6. The first-order valence-corrected chi connectivity index (χ1v) is 11.4. The maximum absolute atomic E-state index is 14.4. The third-order valence-corrected chi connectivity index (χ3v) is 6.41. The molecule has 0 spiro atoms. The first-order valence-electron chi connectivity index (χ1n) is 8.79. The van der Waals surface area contributed by atoms with Gasteiger partial charge >= 0.3 is 0 Å². The minimum atomic E-state index is -3.24. The standard InChI is InChI=1S/C19H21FN4O2S2/c1-3-28(25,26)21-12-13-27-19-23-22-18(16-6-4-5-7-17(16)20)24(19)15-10-8-14(2)9-11-15/h4-11,21H,3,12-13H2,1-2H3. The summed E-state index contributed by atoms with van der Waals surface area (Å²) in [5.74, 6) is 0.531. The number of halogens is 1. The molecule has 0 aliphatic heterocycles. The Morgan fingerprint density at radius 1 is 1.11 bits per heavy atom. The van der Waals surface area contributed by atoms with Crippen molar-refractivity contribution in [3.05, 3.63) is 59.9 Å². The summed E-state index contributed by atoms with van der Waals surface area (Å²) in [5, 5.41) is 8.99. The van der Waals surface area contributed by atoms with Crippen molar-refractivity contribution in [1.29, 1.82) is 0 Å². The van der Waals surface area contributed by atoms with Gasteiger partial charge in [-0.05, 0) is 38.1 Å². The lowest BCUT2D eigenvalue weighted by molar-refractivity contribution is 0.585. The van der Waals surface area contributed by atoms with Crippen molar-refractivity contribution >= 4 is 21.8 Å². The van der Waals surface area contributed by atoms with E-state index in [0.717, 1.165) is 11.3 Å². The third kappa shape index (κ3) is 4.78. The van der Waals surface area contributed by atoms with E-state index in [1.54, 1.807) is 29.7 Å². The van der Waals surface area contributed by atoms with Gasteiger partial charge in [0.25, 0.3) is 0 Å². The molecule has 6 nitrogen and oxygen atoms in total. The number of hydrogen-bond donors (Lipinski definition) is 1. The van der Waals surface area contributed by atoms with Crippen molar-refractivity contribution in [3.8, 4) is 17.1 Å². The SMILES string of the molecule is CCS(=O)(=O)NCCSc1nnc(-c2ccccc2F)n1-c1ccc(C)cc1.